The number of β-lactam (4-membered cyclic amide) rings is 1. The number of nitrogens with one attached hydrogen (secondary N) is 1. The number of nitrogens with zero attached hydrogens (tertiary/aromatic N) is 7. The van der Waals surface area contributed by atoms with Crippen molar-refractivity contribution in [2.45, 2.75) is 11.4 Å². The highest BCUT2D eigenvalue weighted by Crippen LogP contribution is 2.40. The van der Waals surface area contributed by atoms with Crippen molar-refractivity contribution in [1.82, 2.24) is 29.2 Å². The zero-order valence-corrected chi connectivity index (χ0v) is 21.1. The van der Waals surface area contributed by atoms with E-state index in [9.17, 15) is 19.5 Å². The zero-order chi connectivity index (χ0) is 26.3. The highest BCUT2D eigenvalue weighted by molar-refractivity contribution is 8.00. The van der Waals surface area contributed by atoms with Gasteiger partial charge in [-0.25, -0.2) is 9.36 Å². The first-order valence-electron chi connectivity index (χ1n) is 10.7. The molecule has 5 rings (SSSR count). The molecule has 0 unspecified atom stereocenters. The fourth-order valence-electron chi connectivity index (χ4n) is 3.94. The van der Waals surface area contributed by atoms with Crippen LogP contribution in [0.4, 0.5) is 5.13 Å². The summed E-state index contributed by atoms with van der Waals surface area (Å²) < 4.78 is 7.58. The summed E-state index contributed by atoms with van der Waals surface area (Å²) in [5.74, 6) is -2.28. The maximum absolute atomic E-state index is 13.0. The number of hydrogen-bond acceptors (Lipinski definition) is 11. The molecule has 2 amide bonds. The van der Waals surface area contributed by atoms with Crippen LogP contribution in [-0.2, 0) is 26.3 Å². The van der Waals surface area contributed by atoms with Crippen molar-refractivity contribution in [3.05, 3.63) is 53.4 Å². The first kappa shape index (κ1) is 24.4. The van der Waals surface area contributed by atoms with Gasteiger partial charge in [0.15, 0.2) is 11.3 Å². The molecule has 16 heteroatoms. The lowest BCUT2D eigenvalue weighted by molar-refractivity contribution is -0.644. The summed E-state index contributed by atoms with van der Waals surface area (Å²) >= 11 is 2.21. The Hall–Kier alpha value is -4.31. The van der Waals surface area contributed by atoms with E-state index in [1.807, 2.05) is 36.1 Å². The molecule has 0 aliphatic carbocycles. The molecule has 3 aromatic heterocycles. The third-order valence-corrected chi connectivity index (χ3v) is 7.49. The number of amides is 2. The number of thioether (sulfide) groups is 1. The summed E-state index contributed by atoms with van der Waals surface area (Å²) in [5, 5.41) is 20.1. The quantitative estimate of drug-likeness (QED) is 0.151. The Morgan fingerprint density at radius 3 is 2.89 bits per heavy atom. The van der Waals surface area contributed by atoms with Gasteiger partial charge in [-0.05, 0) is 17.7 Å². The molecule has 2 aliphatic rings. The number of aliphatic carboxylic acids is 1. The smallest absolute Gasteiger partial charge is 0.352 e. The average molecular weight is 543 g/mol. The number of allylic oxidation sites excluding steroid dienone is 1. The summed E-state index contributed by atoms with van der Waals surface area (Å²) in [6, 6.07) is 2.75. The molecule has 0 radical (unpaired) electrons. The van der Waals surface area contributed by atoms with Crippen molar-refractivity contribution < 1.29 is 28.9 Å². The van der Waals surface area contributed by atoms with Crippen LogP contribution >= 0.6 is 23.3 Å². The Labute approximate surface area is 217 Å². The van der Waals surface area contributed by atoms with Crippen LogP contribution in [0.15, 0.2) is 47.0 Å². The van der Waals surface area contributed by atoms with Gasteiger partial charge in [-0.15, -0.1) is 16.3 Å². The van der Waals surface area contributed by atoms with Crippen LogP contribution in [0.2, 0.25) is 0 Å². The molecule has 0 aromatic carbocycles. The normalized spacial score (nSPS) is 19.8. The molecule has 190 valence electrons. The SMILES string of the molecule is CO/N=C(\C(=O)N[C@@H]1C(=O)N2C(C(=O)O)=C(/C=C\c3ccc4n(cc[n+]4C)n3)CS[C@H]12)c1nsc(N)n1. The Morgan fingerprint density at radius 1 is 1.38 bits per heavy atom. The minimum absolute atomic E-state index is 0.0409. The minimum Gasteiger partial charge on any atom is -0.477 e. The third-order valence-electron chi connectivity index (χ3n) is 5.65. The minimum atomic E-state index is -1.24. The van der Waals surface area contributed by atoms with Crippen LogP contribution in [0.1, 0.15) is 11.5 Å². The second kappa shape index (κ2) is 9.62. The Kier molecular flexibility index (Phi) is 6.34. The number of fused-ring (bicyclic) bond motifs is 2. The van der Waals surface area contributed by atoms with Crippen molar-refractivity contribution in [3.63, 3.8) is 0 Å². The lowest BCUT2D eigenvalue weighted by Crippen LogP contribution is -2.71. The summed E-state index contributed by atoms with van der Waals surface area (Å²) in [6.07, 6.45) is 7.02. The van der Waals surface area contributed by atoms with Gasteiger partial charge in [0.05, 0.1) is 7.05 Å². The molecule has 3 aromatic rings. The summed E-state index contributed by atoms with van der Waals surface area (Å²) in [4.78, 5) is 47.8. The number of hydrogen-bond donors (Lipinski definition) is 3. The molecule has 2 aliphatic heterocycles. The molecule has 0 spiro atoms. The largest absolute Gasteiger partial charge is 0.477 e. The van der Waals surface area contributed by atoms with E-state index in [-0.39, 0.29) is 22.4 Å². The Balaban J connectivity index is 1.35. The van der Waals surface area contributed by atoms with Gasteiger partial charge in [0.1, 0.15) is 36.1 Å². The monoisotopic (exact) mass is 542 g/mol. The number of carbonyl (C=O) groups is 3. The van der Waals surface area contributed by atoms with E-state index < -0.39 is 29.2 Å². The number of imidazole rings is 1. The Bertz CT molecular complexity index is 1530. The van der Waals surface area contributed by atoms with Crippen molar-refractivity contribution >= 4 is 63.6 Å². The van der Waals surface area contributed by atoms with Crippen molar-refractivity contribution in [2.75, 3.05) is 18.6 Å². The first-order valence-corrected chi connectivity index (χ1v) is 12.6. The van der Waals surface area contributed by atoms with E-state index >= 15 is 0 Å². The topological polar surface area (TPSA) is 181 Å². The standard InChI is InChI=1S/C21H19N9O5S2/c1-28-7-8-29-12(28)6-5-11(25-29)4-3-10-9-36-19-14(18(32)30(19)15(10)20(33)34)23-17(31)13(26-35-2)16-24-21(22)37-27-16/h3-8,14,19H,9H2,1-2H3,(H3-,22,23,24,27,31,33,34)/p+1/b4-3-,26-13-/t14-,19-/m1/s1. The lowest BCUT2D eigenvalue weighted by Gasteiger charge is -2.49. The fourth-order valence-corrected chi connectivity index (χ4v) is 5.69. The molecule has 4 N–H and O–H groups in total. The zero-order valence-electron chi connectivity index (χ0n) is 19.4. The number of nitrogen functional groups attached to an aromatic ring is 1. The van der Waals surface area contributed by atoms with Gasteiger partial charge in [-0.1, -0.05) is 16.3 Å². The molecule has 0 saturated carbocycles. The average Bonchev–Trinajstić information content (AvgIpc) is 3.48. The van der Waals surface area contributed by atoms with Crippen molar-refractivity contribution in [2.24, 2.45) is 12.2 Å². The van der Waals surface area contributed by atoms with Gasteiger partial charge in [0, 0.05) is 23.4 Å². The molecular formula is C21H20N9O5S2+. The molecular weight excluding hydrogens is 522 g/mol. The number of rotatable bonds is 7. The number of carbonyl (C=O) groups excluding carboxylic acids is 2. The number of aromatic nitrogens is 5. The predicted octanol–water partition coefficient (Wildman–Crippen LogP) is -0.605. The molecule has 1 fully saturated rings. The molecule has 5 heterocycles. The highest BCUT2D eigenvalue weighted by Gasteiger charge is 2.54. The Morgan fingerprint density at radius 2 is 2.19 bits per heavy atom. The van der Waals surface area contributed by atoms with E-state index in [2.05, 4.69) is 24.9 Å². The van der Waals surface area contributed by atoms with Gasteiger partial charge in [0.25, 0.3) is 11.8 Å². The fraction of sp³-hybridized carbons (Fsp3) is 0.238. The molecule has 2 atom stereocenters. The van der Waals surface area contributed by atoms with Crippen LogP contribution in [0, 0.1) is 0 Å². The predicted molar refractivity (Wildman–Crippen MR) is 133 cm³/mol. The van der Waals surface area contributed by atoms with Gasteiger partial charge < -0.3 is 21.0 Å². The molecule has 14 nitrogen and oxygen atoms in total. The molecule has 37 heavy (non-hydrogen) atoms. The number of carboxylic acid groups (broad SMARTS) is 1. The van der Waals surface area contributed by atoms with Crippen LogP contribution in [0.5, 0.6) is 0 Å². The maximum atomic E-state index is 13.0. The van der Waals surface area contributed by atoms with E-state index in [0.717, 1.165) is 17.2 Å². The highest BCUT2D eigenvalue weighted by atomic mass is 32.2. The van der Waals surface area contributed by atoms with Crippen LogP contribution in [0.25, 0.3) is 11.7 Å². The van der Waals surface area contributed by atoms with Crippen molar-refractivity contribution in [3.8, 4) is 0 Å². The van der Waals surface area contributed by atoms with E-state index in [0.29, 0.717) is 17.0 Å². The van der Waals surface area contributed by atoms with Crippen LogP contribution in [0.3, 0.4) is 0 Å². The number of aryl methyl sites for hydroxylation is 1. The van der Waals surface area contributed by atoms with E-state index in [1.165, 1.54) is 23.8 Å². The maximum Gasteiger partial charge on any atom is 0.352 e. The second-order valence-corrected chi connectivity index (χ2v) is 9.81. The van der Waals surface area contributed by atoms with Gasteiger partial charge in [-0.2, -0.15) is 9.36 Å². The van der Waals surface area contributed by atoms with Gasteiger partial charge >= 0.3 is 11.6 Å². The van der Waals surface area contributed by atoms with E-state index in [1.54, 1.807) is 16.7 Å². The van der Waals surface area contributed by atoms with E-state index in [4.69, 9.17) is 10.6 Å². The van der Waals surface area contributed by atoms with Gasteiger partial charge in [0.2, 0.25) is 11.5 Å². The third kappa shape index (κ3) is 4.40. The number of anilines is 1. The summed E-state index contributed by atoms with van der Waals surface area (Å²) in [5.41, 5.74) is 7.17. The summed E-state index contributed by atoms with van der Waals surface area (Å²) in [7, 11) is 3.16. The number of carboxylic acids is 1. The number of oxime groups is 1. The first-order chi connectivity index (χ1) is 17.8. The number of nitrogens with two attached hydrogens (primary N) is 1. The molecule has 0 bridgehead atoms. The summed E-state index contributed by atoms with van der Waals surface area (Å²) in [6.45, 7) is 0. The van der Waals surface area contributed by atoms with Crippen LogP contribution < -0.4 is 15.6 Å². The van der Waals surface area contributed by atoms with Crippen LogP contribution in [-0.4, -0.2) is 76.8 Å². The molecule has 1 saturated heterocycles. The van der Waals surface area contributed by atoms with Gasteiger partial charge in [-0.3, -0.25) is 14.5 Å². The second-order valence-electron chi connectivity index (χ2n) is 7.92. The van der Waals surface area contributed by atoms with Crippen molar-refractivity contribution in [1.29, 1.82) is 0 Å². The lowest BCUT2D eigenvalue weighted by atomic mass is 10.0.